The molecule has 88 valence electrons. The van der Waals surface area contributed by atoms with Crippen LogP contribution in [0.2, 0.25) is 0 Å². The van der Waals surface area contributed by atoms with Gasteiger partial charge < -0.3 is 9.84 Å². The summed E-state index contributed by atoms with van der Waals surface area (Å²) < 4.78 is 5.13. The van der Waals surface area contributed by atoms with Crippen molar-refractivity contribution in [2.45, 2.75) is 6.42 Å². The van der Waals surface area contributed by atoms with E-state index in [0.29, 0.717) is 6.42 Å². The van der Waals surface area contributed by atoms with Gasteiger partial charge in [0.1, 0.15) is 11.3 Å². The van der Waals surface area contributed by atoms with E-state index in [1.807, 2.05) is 0 Å². The van der Waals surface area contributed by atoms with Gasteiger partial charge in [0.25, 0.3) is 5.69 Å². The summed E-state index contributed by atoms with van der Waals surface area (Å²) in [5.74, 6) is 1.22. The molecule has 0 atom stereocenters. The standard InChI is InChI=1S/C11H9NO5/c1-2-3-6-17-8-4-5-9(11(13)14)10(7-8)12(15)16/h1,4-5,7H,3,6H2,(H,13,14). The fourth-order valence-electron chi connectivity index (χ4n) is 1.16. The van der Waals surface area contributed by atoms with E-state index in [2.05, 4.69) is 5.92 Å². The minimum atomic E-state index is -1.35. The quantitative estimate of drug-likeness (QED) is 0.363. The molecule has 0 heterocycles. The van der Waals surface area contributed by atoms with Crippen molar-refractivity contribution in [2.24, 2.45) is 0 Å². The molecule has 0 aliphatic heterocycles. The van der Waals surface area contributed by atoms with Crippen molar-refractivity contribution in [3.05, 3.63) is 33.9 Å². The molecule has 0 aliphatic rings. The second kappa shape index (κ2) is 5.51. The number of ether oxygens (including phenoxy) is 1. The molecule has 0 fully saturated rings. The summed E-state index contributed by atoms with van der Waals surface area (Å²) in [6.07, 6.45) is 5.39. The van der Waals surface area contributed by atoms with Gasteiger partial charge in [-0.25, -0.2) is 4.79 Å². The van der Waals surface area contributed by atoms with Crippen molar-refractivity contribution in [1.82, 2.24) is 0 Å². The number of carboxylic acids is 1. The molecular weight excluding hydrogens is 226 g/mol. The lowest BCUT2D eigenvalue weighted by Crippen LogP contribution is -2.04. The number of nitrogens with zero attached hydrogens (tertiary/aromatic N) is 1. The maximum absolute atomic E-state index is 10.7. The first kappa shape index (κ1) is 12.5. The second-order valence-electron chi connectivity index (χ2n) is 3.04. The molecule has 6 nitrogen and oxygen atoms in total. The maximum atomic E-state index is 10.7. The summed E-state index contributed by atoms with van der Waals surface area (Å²) in [5, 5.41) is 19.4. The van der Waals surface area contributed by atoms with E-state index in [9.17, 15) is 14.9 Å². The number of carboxylic acid groups (broad SMARTS) is 1. The number of terminal acetylenes is 1. The molecule has 0 saturated heterocycles. The molecule has 0 amide bonds. The molecule has 0 spiro atoms. The zero-order chi connectivity index (χ0) is 12.8. The van der Waals surface area contributed by atoms with E-state index in [0.717, 1.165) is 12.1 Å². The largest absolute Gasteiger partial charge is 0.492 e. The van der Waals surface area contributed by atoms with Gasteiger partial charge in [0.15, 0.2) is 0 Å². The summed E-state index contributed by atoms with van der Waals surface area (Å²) >= 11 is 0. The zero-order valence-electron chi connectivity index (χ0n) is 8.75. The molecule has 6 heteroatoms. The molecule has 0 aliphatic carbocycles. The van der Waals surface area contributed by atoms with E-state index >= 15 is 0 Å². The minimum Gasteiger partial charge on any atom is -0.492 e. The molecule has 0 bridgehead atoms. The summed E-state index contributed by atoms with van der Waals surface area (Å²) in [5.41, 5.74) is -0.880. The third-order valence-electron chi connectivity index (χ3n) is 1.91. The molecule has 0 unspecified atom stereocenters. The molecule has 1 rings (SSSR count). The Bertz CT molecular complexity index is 489. The Hall–Kier alpha value is -2.55. The van der Waals surface area contributed by atoms with Crippen LogP contribution in [0.4, 0.5) is 5.69 Å². The van der Waals surface area contributed by atoms with Crippen LogP contribution in [-0.4, -0.2) is 22.6 Å². The molecule has 0 aromatic heterocycles. The third-order valence-corrected chi connectivity index (χ3v) is 1.91. The Morgan fingerprint density at radius 3 is 2.82 bits per heavy atom. The average molecular weight is 235 g/mol. The van der Waals surface area contributed by atoms with Crippen LogP contribution >= 0.6 is 0 Å². The molecular formula is C11H9NO5. The number of benzene rings is 1. The Morgan fingerprint density at radius 2 is 2.29 bits per heavy atom. The fraction of sp³-hybridized carbons (Fsp3) is 0.182. The topological polar surface area (TPSA) is 89.7 Å². The van der Waals surface area contributed by atoms with Gasteiger partial charge in [0, 0.05) is 6.42 Å². The van der Waals surface area contributed by atoms with Gasteiger partial charge in [-0.3, -0.25) is 10.1 Å². The van der Waals surface area contributed by atoms with Crippen LogP contribution in [0, 0.1) is 22.5 Å². The molecule has 17 heavy (non-hydrogen) atoms. The Morgan fingerprint density at radius 1 is 1.59 bits per heavy atom. The van der Waals surface area contributed by atoms with Crippen molar-refractivity contribution in [3.63, 3.8) is 0 Å². The number of nitro groups is 1. The van der Waals surface area contributed by atoms with E-state index in [4.69, 9.17) is 16.3 Å². The minimum absolute atomic E-state index is 0.219. The number of aromatic carboxylic acids is 1. The van der Waals surface area contributed by atoms with Crippen LogP contribution in [0.15, 0.2) is 18.2 Å². The van der Waals surface area contributed by atoms with Crippen molar-refractivity contribution >= 4 is 11.7 Å². The van der Waals surface area contributed by atoms with Crippen LogP contribution in [-0.2, 0) is 0 Å². The summed E-state index contributed by atoms with van der Waals surface area (Å²) in [6, 6.07) is 3.55. The first-order chi connectivity index (χ1) is 8.06. The number of nitro benzene ring substituents is 1. The highest BCUT2D eigenvalue weighted by Crippen LogP contribution is 2.24. The van der Waals surface area contributed by atoms with Gasteiger partial charge in [-0.2, -0.15) is 0 Å². The fourth-order valence-corrected chi connectivity index (χ4v) is 1.16. The van der Waals surface area contributed by atoms with E-state index in [1.165, 1.54) is 6.07 Å². The third kappa shape index (κ3) is 3.21. The monoisotopic (exact) mass is 235 g/mol. The van der Waals surface area contributed by atoms with E-state index < -0.39 is 16.6 Å². The molecule has 1 aromatic carbocycles. The van der Waals surface area contributed by atoms with E-state index in [-0.39, 0.29) is 17.9 Å². The smallest absolute Gasteiger partial charge is 0.342 e. The Balaban J connectivity index is 2.98. The van der Waals surface area contributed by atoms with Crippen molar-refractivity contribution in [2.75, 3.05) is 6.61 Å². The lowest BCUT2D eigenvalue weighted by Gasteiger charge is -2.04. The molecule has 1 aromatic rings. The first-order valence-electron chi connectivity index (χ1n) is 4.64. The van der Waals surface area contributed by atoms with Crippen molar-refractivity contribution < 1.29 is 19.6 Å². The normalized spacial score (nSPS) is 9.35. The van der Waals surface area contributed by atoms with Gasteiger partial charge in [-0.05, 0) is 12.1 Å². The van der Waals surface area contributed by atoms with Gasteiger partial charge in [0.05, 0.1) is 17.6 Å². The summed E-state index contributed by atoms with van der Waals surface area (Å²) in [6.45, 7) is 0.222. The Labute approximate surface area is 97.0 Å². The van der Waals surface area contributed by atoms with Gasteiger partial charge >= 0.3 is 5.97 Å². The second-order valence-corrected chi connectivity index (χ2v) is 3.04. The van der Waals surface area contributed by atoms with Crippen LogP contribution in [0.3, 0.4) is 0 Å². The zero-order valence-corrected chi connectivity index (χ0v) is 8.75. The highest BCUT2D eigenvalue weighted by Gasteiger charge is 2.20. The van der Waals surface area contributed by atoms with Crippen molar-refractivity contribution in [1.29, 1.82) is 0 Å². The number of rotatable bonds is 5. The van der Waals surface area contributed by atoms with Gasteiger partial charge in [0.2, 0.25) is 0 Å². The molecule has 1 N–H and O–H groups in total. The predicted molar refractivity (Wildman–Crippen MR) is 59.0 cm³/mol. The Kier molecular flexibility index (Phi) is 4.06. The number of hydrogen-bond acceptors (Lipinski definition) is 4. The molecule has 0 saturated carbocycles. The number of hydrogen-bond donors (Lipinski definition) is 1. The SMILES string of the molecule is C#CCCOc1ccc(C(=O)O)c([N+](=O)[O-])c1. The van der Waals surface area contributed by atoms with E-state index in [1.54, 1.807) is 0 Å². The molecule has 0 radical (unpaired) electrons. The highest BCUT2D eigenvalue weighted by molar-refractivity contribution is 5.92. The van der Waals surface area contributed by atoms with Crippen LogP contribution in [0.1, 0.15) is 16.8 Å². The predicted octanol–water partition coefficient (Wildman–Crippen LogP) is 1.70. The van der Waals surface area contributed by atoms with Gasteiger partial charge in [-0.15, -0.1) is 12.3 Å². The van der Waals surface area contributed by atoms with Crippen LogP contribution in [0.25, 0.3) is 0 Å². The first-order valence-corrected chi connectivity index (χ1v) is 4.64. The summed E-state index contributed by atoms with van der Waals surface area (Å²) in [4.78, 5) is 20.6. The maximum Gasteiger partial charge on any atom is 0.342 e. The average Bonchev–Trinajstić information content (AvgIpc) is 2.29. The highest BCUT2D eigenvalue weighted by atomic mass is 16.6. The van der Waals surface area contributed by atoms with Crippen LogP contribution < -0.4 is 4.74 Å². The lowest BCUT2D eigenvalue weighted by atomic mass is 10.2. The van der Waals surface area contributed by atoms with Gasteiger partial charge in [-0.1, -0.05) is 0 Å². The number of carbonyl (C=O) groups is 1. The van der Waals surface area contributed by atoms with Crippen LogP contribution in [0.5, 0.6) is 5.75 Å². The lowest BCUT2D eigenvalue weighted by molar-refractivity contribution is -0.385. The summed E-state index contributed by atoms with van der Waals surface area (Å²) in [7, 11) is 0. The van der Waals surface area contributed by atoms with Crippen molar-refractivity contribution in [3.8, 4) is 18.1 Å².